The quantitative estimate of drug-likeness (QED) is 0.207. The number of para-hydroxylation sites is 2. The maximum atomic E-state index is 2.46. The molecule has 0 fully saturated rings. The monoisotopic (exact) mass is 538 g/mol. The third kappa shape index (κ3) is 3.04. The highest BCUT2D eigenvalue weighted by Gasteiger charge is 2.36. The molecule has 2 heterocycles. The van der Waals surface area contributed by atoms with Gasteiger partial charge in [0.05, 0.1) is 11.0 Å². The van der Waals surface area contributed by atoms with Crippen LogP contribution in [0.4, 0.5) is 0 Å². The molecule has 2 heteroatoms. The Balaban J connectivity index is 1.29. The lowest BCUT2D eigenvalue weighted by atomic mass is 9.82. The van der Waals surface area contributed by atoms with Gasteiger partial charge in [-0.2, -0.15) is 0 Å². The van der Waals surface area contributed by atoms with Crippen LogP contribution in [0.15, 0.2) is 127 Å². The van der Waals surface area contributed by atoms with Crippen molar-refractivity contribution in [3.8, 4) is 27.9 Å². The first-order valence-electron chi connectivity index (χ1n) is 14.8. The average molecular weight is 539 g/mol. The fourth-order valence-corrected chi connectivity index (χ4v) is 7.57. The van der Waals surface area contributed by atoms with Gasteiger partial charge in [-0.25, -0.2) is 0 Å². The van der Waals surface area contributed by atoms with Crippen molar-refractivity contribution in [3.63, 3.8) is 0 Å². The number of hydrogen-bond acceptors (Lipinski definition) is 0. The highest BCUT2D eigenvalue weighted by atomic mass is 15.0. The van der Waals surface area contributed by atoms with E-state index in [9.17, 15) is 0 Å². The Morgan fingerprint density at radius 3 is 1.93 bits per heavy atom. The zero-order chi connectivity index (χ0) is 28.2. The van der Waals surface area contributed by atoms with Gasteiger partial charge in [0.25, 0.3) is 0 Å². The molecule has 42 heavy (non-hydrogen) atoms. The van der Waals surface area contributed by atoms with Crippen LogP contribution in [-0.2, 0) is 12.5 Å². The summed E-state index contributed by atoms with van der Waals surface area (Å²) in [4.78, 5) is 0. The lowest BCUT2D eigenvalue weighted by Crippen LogP contribution is -2.15. The zero-order valence-corrected chi connectivity index (χ0v) is 24.0. The van der Waals surface area contributed by atoms with Crippen molar-refractivity contribution < 1.29 is 0 Å². The Hall–Kier alpha value is -5.08. The highest BCUT2D eigenvalue weighted by Crippen LogP contribution is 2.51. The molecule has 0 atom stereocenters. The Morgan fingerprint density at radius 1 is 0.452 bits per heavy atom. The van der Waals surface area contributed by atoms with Crippen LogP contribution in [-0.4, -0.2) is 9.13 Å². The van der Waals surface area contributed by atoms with E-state index in [0.717, 1.165) is 0 Å². The topological polar surface area (TPSA) is 9.86 Å². The number of aryl methyl sites for hydroxylation is 1. The van der Waals surface area contributed by atoms with E-state index in [1.165, 1.54) is 82.7 Å². The highest BCUT2D eigenvalue weighted by molar-refractivity contribution is 6.11. The second-order valence-electron chi connectivity index (χ2n) is 12.3. The van der Waals surface area contributed by atoms with Gasteiger partial charge < -0.3 is 9.13 Å². The largest absolute Gasteiger partial charge is 0.344 e. The molecular formula is C40H30N2. The Bertz CT molecular complexity index is 2380. The third-order valence-corrected chi connectivity index (χ3v) is 9.73. The fraction of sp³-hybridized carbons (Fsp3) is 0.100. The minimum atomic E-state index is -0.111. The lowest BCUT2D eigenvalue weighted by molar-refractivity contribution is 0.660. The van der Waals surface area contributed by atoms with Gasteiger partial charge in [-0.3, -0.25) is 0 Å². The molecule has 0 amide bonds. The molecule has 0 spiro atoms. The lowest BCUT2D eigenvalue weighted by Gasteiger charge is -2.22. The maximum Gasteiger partial charge on any atom is 0.0547 e. The van der Waals surface area contributed by atoms with Crippen molar-refractivity contribution in [2.24, 2.45) is 7.05 Å². The molecule has 6 aromatic carbocycles. The fourth-order valence-electron chi connectivity index (χ4n) is 7.57. The van der Waals surface area contributed by atoms with Crippen LogP contribution in [0.3, 0.4) is 0 Å². The molecule has 0 unspecified atom stereocenters. The molecule has 8 aromatic rings. The first-order valence-corrected chi connectivity index (χ1v) is 14.8. The van der Waals surface area contributed by atoms with E-state index in [1.807, 2.05) is 0 Å². The van der Waals surface area contributed by atoms with E-state index in [0.29, 0.717) is 0 Å². The van der Waals surface area contributed by atoms with Crippen molar-refractivity contribution >= 4 is 43.6 Å². The van der Waals surface area contributed by atoms with Crippen LogP contribution < -0.4 is 0 Å². The van der Waals surface area contributed by atoms with Crippen LogP contribution in [0.1, 0.15) is 25.0 Å². The first kappa shape index (κ1) is 23.6. The number of benzene rings is 6. The summed E-state index contributed by atoms with van der Waals surface area (Å²) >= 11 is 0. The van der Waals surface area contributed by atoms with E-state index >= 15 is 0 Å². The van der Waals surface area contributed by atoms with Crippen LogP contribution in [0.5, 0.6) is 0 Å². The summed E-state index contributed by atoms with van der Waals surface area (Å²) in [5.74, 6) is 0. The Labute approximate surface area is 245 Å². The summed E-state index contributed by atoms with van der Waals surface area (Å²) < 4.78 is 4.80. The summed E-state index contributed by atoms with van der Waals surface area (Å²) in [6.45, 7) is 4.77. The van der Waals surface area contributed by atoms with Gasteiger partial charge >= 0.3 is 0 Å². The second kappa shape index (κ2) is 8.24. The maximum absolute atomic E-state index is 2.46. The van der Waals surface area contributed by atoms with Crippen LogP contribution >= 0.6 is 0 Å². The van der Waals surface area contributed by atoms with Gasteiger partial charge in [0.15, 0.2) is 0 Å². The Morgan fingerprint density at radius 2 is 1.12 bits per heavy atom. The van der Waals surface area contributed by atoms with Gasteiger partial charge in [0.1, 0.15) is 0 Å². The molecule has 0 radical (unpaired) electrons. The number of fused-ring (bicyclic) bond motifs is 9. The summed E-state index contributed by atoms with van der Waals surface area (Å²) in [5.41, 5.74) is 14.1. The molecule has 2 aromatic heterocycles. The van der Waals surface area contributed by atoms with Crippen LogP contribution in [0.25, 0.3) is 71.6 Å². The molecule has 9 rings (SSSR count). The molecule has 0 saturated carbocycles. The van der Waals surface area contributed by atoms with Gasteiger partial charge in [-0.1, -0.05) is 98.8 Å². The number of aromatic nitrogens is 2. The summed E-state index contributed by atoms with van der Waals surface area (Å²) in [5, 5.41) is 5.23. The van der Waals surface area contributed by atoms with E-state index in [2.05, 4.69) is 157 Å². The predicted octanol–water partition coefficient (Wildman–Crippen LogP) is 10.4. The number of rotatable bonds is 2. The second-order valence-corrected chi connectivity index (χ2v) is 12.3. The molecule has 0 aliphatic heterocycles. The zero-order valence-electron chi connectivity index (χ0n) is 24.0. The number of nitrogens with zero attached hydrogens (tertiary/aromatic N) is 2. The van der Waals surface area contributed by atoms with Crippen molar-refractivity contribution in [3.05, 3.63) is 139 Å². The molecule has 1 aliphatic rings. The van der Waals surface area contributed by atoms with E-state index < -0.39 is 0 Å². The third-order valence-electron chi connectivity index (χ3n) is 9.73. The van der Waals surface area contributed by atoms with Crippen molar-refractivity contribution in [1.29, 1.82) is 0 Å². The average Bonchev–Trinajstić information content (AvgIpc) is 3.59. The minimum absolute atomic E-state index is 0.111. The summed E-state index contributed by atoms with van der Waals surface area (Å²) in [7, 11) is 2.19. The Kier molecular flexibility index (Phi) is 4.63. The number of hydrogen-bond donors (Lipinski definition) is 0. The van der Waals surface area contributed by atoms with Crippen LogP contribution in [0.2, 0.25) is 0 Å². The SMILES string of the molecule is Cn1c2ccccc2c2cc3c(cc21)-c1ccc(-n2c4ccccc4c4ccc(-c5ccccc5)cc42)cc1C3(C)C. The summed E-state index contributed by atoms with van der Waals surface area (Å²) in [6.07, 6.45) is 0. The van der Waals surface area contributed by atoms with Crippen LogP contribution in [0, 0.1) is 0 Å². The van der Waals surface area contributed by atoms with Gasteiger partial charge in [-0.15, -0.1) is 0 Å². The van der Waals surface area contributed by atoms with Gasteiger partial charge in [0, 0.05) is 50.7 Å². The van der Waals surface area contributed by atoms with Crippen molar-refractivity contribution in [2.45, 2.75) is 19.3 Å². The molecule has 2 nitrogen and oxygen atoms in total. The molecule has 0 N–H and O–H groups in total. The molecule has 1 aliphatic carbocycles. The molecule has 0 bridgehead atoms. The van der Waals surface area contributed by atoms with E-state index in [4.69, 9.17) is 0 Å². The van der Waals surface area contributed by atoms with Gasteiger partial charge in [0.2, 0.25) is 0 Å². The van der Waals surface area contributed by atoms with E-state index in [1.54, 1.807) is 0 Å². The predicted molar refractivity (Wildman–Crippen MR) is 178 cm³/mol. The first-order chi connectivity index (χ1) is 20.5. The molecular weight excluding hydrogens is 508 g/mol. The van der Waals surface area contributed by atoms with Crippen molar-refractivity contribution in [1.82, 2.24) is 9.13 Å². The summed E-state index contributed by atoms with van der Waals surface area (Å²) in [6, 6.07) is 47.1. The van der Waals surface area contributed by atoms with Crippen molar-refractivity contribution in [2.75, 3.05) is 0 Å². The minimum Gasteiger partial charge on any atom is -0.344 e. The normalized spacial score (nSPS) is 13.8. The molecule has 0 saturated heterocycles. The standard InChI is InChI=1S/C40H30N2/c1-40(2)34-22-27(18-20-28(34)32-24-38-33(23-35(32)40)30-14-7-9-15-36(30)41(38)3)42-37-16-10-8-13-29(37)31-19-17-26(21-39(31)42)25-11-5-4-6-12-25/h4-24H,1-3H3. The molecule has 200 valence electrons. The van der Waals surface area contributed by atoms with Gasteiger partial charge in [-0.05, 0) is 75.8 Å². The smallest absolute Gasteiger partial charge is 0.0547 e. The van der Waals surface area contributed by atoms with E-state index in [-0.39, 0.29) is 5.41 Å².